The molecule has 1 aromatic carbocycles. The molecule has 1 aliphatic heterocycles. The Balaban J connectivity index is 0.00000180. The van der Waals surface area contributed by atoms with Gasteiger partial charge < -0.3 is 15.0 Å². The summed E-state index contributed by atoms with van der Waals surface area (Å²) < 4.78 is 5.51. The van der Waals surface area contributed by atoms with Gasteiger partial charge in [-0.15, -0.1) is 12.4 Å². The lowest BCUT2D eigenvalue weighted by atomic mass is 10.1. The average Bonchev–Trinajstić information content (AvgIpc) is 2.37. The number of hydrogen-bond acceptors (Lipinski definition) is 3. The number of nitrogens with zero attached hydrogens (tertiary/aromatic N) is 1. The summed E-state index contributed by atoms with van der Waals surface area (Å²) in [5, 5.41) is 3.22. The van der Waals surface area contributed by atoms with Gasteiger partial charge in [-0.1, -0.05) is 12.1 Å². The molecule has 1 N–H and O–H groups in total. The zero-order valence-electron chi connectivity index (χ0n) is 11.6. The van der Waals surface area contributed by atoms with Crippen LogP contribution in [0.1, 0.15) is 12.5 Å². The van der Waals surface area contributed by atoms with Crippen LogP contribution in [0, 0.1) is 6.92 Å². The second-order valence-corrected chi connectivity index (χ2v) is 4.74. The fourth-order valence-corrected chi connectivity index (χ4v) is 2.18. The highest BCUT2D eigenvalue weighted by molar-refractivity contribution is 5.97. The number of benzene rings is 1. The lowest BCUT2D eigenvalue weighted by Crippen LogP contribution is -2.55. The van der Waals surface area contributed by atoms with Crippen LogP contribution in [-0.2, 0) is 9.53 Å². The second-order valence-electron chi connectivity index (χ2n) is 4.74. The van der Waals surface area contributed by atoms with E-state index in [1.54, 1.807) is 11.9 Å². The Morgan fingerprint density at radius 3 is 2.84 bits per heavy atom. The van der Waals surface area contributed by atoms with Gasteiger partial charge in [-0.25, -0.2) is 0 Å². The Kier molecular flexibility index (Phi) is 5.79. The van der Waals surface area contributed by atoms with Gasteiger partial charge in [0, 0.05) is 19.3 Å². The van der Waals surface area contributed by atoms with E-state index < -0.39 is 0 Å². The number of halogens is 1. The second kappa shape index (κ2) is 6.89. The van der Waals surface area contributed by atoms with E-state index in [2.05, 4.69) is 5.32 Å². The third-order valence-electron chi connectivity index (χ3n) is 3.30. The molecule has 0 spiro atoms. The molecule has 0 bridgehead atoms. The summed E-state index contributed by atoms with van der Waals surface area (Å²) in [5.74, 6) is 0.0489. The first-order chi connectivity index (χ1) is 8.59. The van der Waals surface area contributed by atoms with E-state index in [1.165, 1.54) is 0 Å². The van der Waals surface area contributed by atoms with Crippen LogP contribution in [0.2, 0.25) is 0 Å². The van der Waals surface area contributed by atoms with Crippen LogP contribution in [0.25, 0.3) is 0 Å². The summed E-state index contributed by atoms with van der Waals surface area (Å²) in [7, 11) is 1.81. The predicted octanol–water partition coefficient (Wildman–Crippen LogP) is 1.76. The summed E-state index contributed by atoms with van der Waals surface area (Å²) in [6.07, 6.45) is -0.0847. The maximum absolute atomic E-state index is 12.4. The van der Waals surface area contributed by atoms with Gasteiger partial charge in [-0.2, -0.15) is 0 Å². The van der Waals surface area contributed by atoms with Crippen molar-refractivity contribution < 1.29 is 9.53 Å². The van der Waals surface area contributed by atoms with Crippen LogP contribution in [0.3, 0.4) is 0 Å². The van der Waals surface area contributed by atoms with Crippen molar-refractivity contribution in [2.24, 2.45) is 0 Å². The number of carbonyl (C=O) groups excluding carboxylic acids is 1. The van der Waals surface area contributed by atoms with Crippen molar-refractivity contribution in [2.75, 3.05) is 25.1 Å². The summed E-state index contributed by atoms with van der Waals surface area (Å²) in [4.78, 5) is 14.1. The van der Waals surface area contributed by atoms with E-state index >= 15 is 0 Å². The third-order valence-corrected chi connectivity index (χ3v) is 3.30. The van der Waals surface area contributed by atoms with E-state index in [0.29, 0.717) is 6.61 Å². The van der Waals surface area contributed by atoms with Gasteiger partial charge in [-0.05, 0) is 31.5 Å². The minimum Gasteiger partial charge on any atom is -0.375 e. The average molecular weight is 285 g/mol. The van der Waals surface area contributed by atoms with E-state index in [9.17, 15) is 4.79 Å². The first kappa shape index (κ1) is 16.0. The molecule has 106 valence electrons. The van der Waals surface area contributed by atoms with Gasteiger partial charge in [0.25, 0.3) is 0 Å². The fraction of sp³-hybridized carbons (Fsp3) is 0.500. The first-order valence-corrected chi connectivity index (χ1v) is 6.29. The van der Waals surface area contributed by atoms with Crippen molar-refractivity contribution in [1.29, 1.82) is 0 Å². The van der Waals surface area contributed by atoms with Gasteiger partial charge in [0.1, 0.15) is 6.04 Å². The molecule has 4 nitrogen and oxygen atoms in total. The highest BCUT2D eigenvalue weighted by Crippen LogP contribution is 2.17. The number of carbonyl (C=O) groups is 1. The summed E-state index contributed by atoms with van der Waals surface area (Å²) in [5.41, 5.74) is 2.06. The molecule has 19 heavy (non-hydrogen) atoms. The normalized spacial score (nSPS) is 22.5. The zero-order valence-corrected chi connectivity index (χ0v) is 12.4. The lowest BCUT2D eigenvalue weighted by Gasteiger charge is -2.32. The number of likely N-dealkylation sites (N-methyl/N-ethyl adjacent to an activating group) is 1. The highest BCUT2D eigenvalue weighted by Gasteiger charge is 2.30. The molecule has 0 radical (unpaired) electrons. The Morgan fingerprint density at radius 1 is 1.47 bits per heavy atom. The van der Waals surface area contributed by atoms with Gasteiger partial charge in [-0.3, -0.25) is 4.79 Å². The molecule has 1 amide bonds. The van der Waals surface area contributed by atoms with Crippen LogP contribution in [-0.4, -0.2) is 38.3 Å². The van der Waals surface area contributed by atoms with Crippen molar-refractivity contribution in [3.8, 4) is 0 Å². The fourth-order valence-electron chi connectivity index (χ4n) is 2.18. The number of rotatable bonds is 2. The van der Waals surface area contributed by atoms with Crippen molar-refractivity contribution in [3.63, 3.8) is 0 Å². The third kappa shape index (κ3) is 3.69. The molecule has 1 saturated heterocycles. The molecule has 0 aliphatic carbocycles. The Bertz CT molecular complexity index is 439. The standard InChI is InChI=1S/C14H20N2O2.ClH/c1-10-5-4-6-12(9-10)16(3)14(17)13-11(2)18-8-7-15-13;/h4-6,9,11,13,15H,7-8H2,1-3H3;1H/t11-,13+;/m1./s1. The molecule has 2 rings (SSSR count). The number of anilines is 1. The highest BCUT2D eigenvalue weighted by atomic mass is 35.5. The predicted molar refractivity (Wildman–Crippen MR) is 79.0 cm³/mol. The van der Waals surface area contributed by atoms with Crippen molar-refractivity contribution >= 4 is 24.0 Å². The number of hydrogen-bond donors (Lipinski definition) is 1. The number of aryl methyl sites for hydroxylation is 1. The summed E-state index contributed by atoms with van der Waals surface area (Å²) in [6.45, 7) is 5.34. The van der Waals surface area contributed by atoms with Crippen molar-refractivity contribution in [1.82, 2.24) is 5.32 Å². The molecule has 1 fully saturated rings. The summed E-state index contributed by atoms with van der Waals surface area (Å²) in [6, 6.07) is 7.67. The van der Waals surface area contributed by atoms with E-state index in [0.717, 1.165) is 17.8 Å². The van der Waals surface area contributed by atoms with E-state index in [-0.39, 0.29) is 30.5 Å². The molecule has 2 atom stereocenters. The molecule has 0 unspecified atom stereocenters. The molecule has 1 aromatic rings. The number of morpholine rings is 1. The molecule has 1 aliphatic rings. The minimum atomic E-state index is -0.260. The van der Waals surface area contributed by atoms with Gasteiger partial charge in [0.15, 0.2) is 0 Å². The largest absolute Gasteiger partial charge is 0.375 e. The van der Waals surface area contributed by atoms with Crippen molar-refractivity contribution in [2.45, 2.75) is 26.0 Å². The van der Waals surface area contributed by atoms with Crippen LogP contribution in [0.4, 0.5) is 5.69 Å². The topological polar surface area (TPSA) is 41.6 Å². The Hall–Kier alpha value is -1.10. The number of amides is 1. The maximum atomic E-state index is 12.4. The minimum absolute atomic E-state index is 0. The lowest BCUT2D eigenvalue weighted by molar-refractivity contribution is -0.126. The van der Waals surface area contributed by atoms with Gasteiger partial charge >= 0.3 is 0 Å². The monoisotopic (exact) mass is 284 g/mol. The molecule has 0 saturated carbocycles. The molecule has 1 heterocycles. The van der Waals surface area contributed by atoms with Gasteiger partial charge in [0.05, 0.1) is 12.7 Å². The number of nitrogens with one attached hydrogen (secondary N) is 1. The first-order valence-electron chi connectivity index (χ1n) is 6.29. The van der Waals surface area contributed by atoms with E-state index in [1.807, 2.05) is 38.1 Å². The van der Waals surface area contributed by atoms with Crippen LogP contribution in [0.15, 0.2) is 24.3 Å². The van der Waals surface area contributed by atoms with Crippen LogP contribution >= 0.6 is 12.4 Å². The summed E-state index contributed by atoms with van der Waals surface area (Å²) >= 11 is 0. The molecule has 5 heteroatoms. The van der Waals surface area contributed by atoms with Crippen LogP contribution in [0.5, 0.6) is 0 Å². The van der Waals surface area contributed by atoms with Crippen LogP contribution < -0.4 is 10.2 Å². The molecular formula is C14H21ClN2O2. The molecule has 0 aromatic heterocycles. The van der Waals surface area contributed by atoms with Crippen molar-refractivity contribution in [3.05, 3.63) is 29.8 Å². The quantitative estimate of drug-likeness (QED) is 0.900. The molecular weight excluding hydrogens is 264 g/mol. The Labute approximate surface area is 120 Å². The zero-order chi connectivity index (χ0) is 13.1. The van der Waals surface area contributed by atoms with Gasteiger partial charge in [0.2, 0.25) is 5.91 Å². The Morgan fingerprint density at radius 2 is 2.21 bits per heavy atom. The van der Waals surface area contributed by atoms with E-state index in [4.69, 9.17) is 4.74 Å². The SMILES string of the molecule is Cc1cccc(N(C)C(=O)[C@H]2NCCO[C@@H]2C)c1.Cl. The maximum Gasteiger partial charge on any atom is 0.246 e. The smallest absolute Gasteiger partial charge is 0.246 e. The number of ether oxygens (including phenoxy) is 1.